The highest BCUT2D eigenvalue weighted by molar-refractivity contribution is 5.94. The molecule has 0 spiro atoms. The minimum atomic E-state index is -0.347. The molecule has 0 fully saturated rings. The summed E-state index contributed by atoms with van der Waals surface area (Å²) in [5, 5.41) is 14.0. The summed E-state index contributed by atoms with van der Waals surface area (Å²) in [6, 6.07) is 16.1. The van der Waals surface area contributed by atoms with Crippen LogP contribution in [0.4, 0.5) is 0 Å². The third-order valence-electron chi connectivity index (χ3n) is 4.84. The summed E-state index contributed by atoms with van der Waals surface area (Å²) >= 11 is 0. The Bertz CT molecular complexity index is 1030. The van der Waals surface area contributed by atoms with E-state index < -0.39 is 0 Å². The van der Waals surface area contributed by atoms with Crippen LogP contribution in [0, 0.1) is 5.41 Å². The summed E-state index contributed by atoms with van der Waals surface area (Å²) in [6.07, 6.45) is 5.36. The Morgan fingerprint density at radius 3 is 2.72 bits per heavy atom. The molecule has 0 aliphatic rings. The Morgan fingerprint density at radius 1 is 1.16 bits per heavy atom. The molecule has 0 radical (unpaired) electrons. The van der Waals surface area contributed by atoms with Crippen LogP contribution in [0.3, 0.4) is 0 Å². The summed E-state index contributed by atoms with van der Waals surface area (Å²) in [4.78, 5) is 11.8. The molecule has 3 aromatic rings. The molecule has 1 amide bonds. The van der Waals surface area contributed by atoms with Crippen LogP contribution in [0.1, 0.15) is 24.0 Å². The van der Waals surface area contributed by atoms with E-state index in [1.165, 1.54) is 5.56 Å². The lowest BCUT2D eigenvalue weighted by Gasteiger charge is -2.13. The minimum Gasteiger partial charge on any atom is -0.493 e. The Labute approximate surface area is 187 Å². The quantitative estimate of drug-likeness (QED) is 0.243. The van der Waals surface area contributed by atoms with Gasteiger partial charge in [0.15, 0.2) is 5.96 Å². The van der Waals surface area contributed by atoms with Crippen molar-refractivity contribution in [1.29, 1.82) is 5.41 Å². The molecule has 8 nitrogen and oxygen atoms in total. The maximum atomic E-state index is 11.8. The molecule has 0 aliphatic carbocycles. The van der Waals surface area contributed by atoms with Crippen molar-refractivity contribution in [2.24, 2.45) is 5.73 Å². The van der Waals surface area contributed by atoms with Gasteiger partial charge in [-0.25, -0.2) is 0 Å². The molecule has 0 unspecified atom stereocenters. The normalized spacial score (nSPS) is 10.7. The van der Waals surface area contributed by atoms with Gasteiger partial charge in [0.1, 0.15) is 5.75 Å². The van der Waals surface area contributed by atoms with Crippen LogP contribution in [-0.2, 0) is 22.5 Å². The van der Waals surface area contributed by atoms with E-state index in [4.69, 9.17) is 20.6 Å². The number of nitrogens with two attached hydrogens (primary N) is 1. The van der Waals surface area contributed by atoms with Gasteiger partial charge in [-0.15, -0.1) is 0 Å². The Balaban J connectivity index is 1.76. The molecule has 32 heavy (non-hydrogen) atoms. The smallest absolute Gasteiger partial charge is 0.226 e. The Hall–Kier alpha value is -3.65. The maximum absolute atomic E-state index is 11.8. The number of hydrogen-bond acceptors (Lipinski definition) is 5. The molecule has 0 saturated carbocycles. The van der Waals surface area contributed by atoms with Crippen LogP contribution in [0.5, 0.6) is 5.75 Å². The summed E-state index contributed by atoms with van der Waals surface area (Å²) in [5.41, 5.74) is 9.26. The first kappa shape index (κ1) is 23.0. The molecule has 0 aliphatic heterocycles. The van der Waals surface area contributed by atoms with Crippen LogP contribution in [0.25, 0.3) is 11.1 Å². The summed E-state index contributed by atoms with van der Waals surface area (Å²) in [7, 11) is 1.67. The monoisotopic (exact) mass is 435 g/mol. The lowest BCUT2D eigenvalue weighted by atomic mass is 10.0. The molecule has 1 heterocycles. The van der Waals surface area contributed by atoms with E-state index in [-0.39, 0.29) is 18.3 Å². The number of amides is 1. The number of hydrogen-bond donors (Lipinski definition) is 3. The fraction of sp³-hybridized carbons (Fsp3) is 0.292. The highest BCUT2D eigenvalue weighted by Gasteiger charge is 2.12. The van der Waals surface area contributed by atoms with Crippen LogP contribution in [0.15, 0.2) is 60.9 Å². The van der Waals surface area contributed by atoms with Gasteiger partial charge in [0.25, 0.3) is 0 Å². The van der Waals surface area contributed by atoms with Crippen molar-refractivity contribution < 1.29 is 14.3 Å². The number of guanidine groups is 1. The Morgan fingerprint density at radius 2 is 1.97 bits per heavy atom. The first-order chi connectivity index (χ1) is 15.5. The highest BCUT2D eigenvalue weighted by Crippen LogP contribution is 2.31. The molecule has 0 atom stereocenters. The molecule has 0 saturated heterocycles. The average Bonchev–Trinajstić information content (AvgIpc) is 3.24. The van der Waals surface area contributed by atoms with Crippen LogP contribution in [-0.4, -0.2) is 42.0 Å². The van der Waals surface area contributed by atoms with Gasteiger partial charge < -0.3 is 15.2 Å². The molecule has 0 bridgehead atoms. The van der Waals surface area contributed by atoms with Crippen molar-refractivity contribution in [3.8, 4) is 16.9 Å². The SMILES string of the molecule is COCCCOc1cc(CCC(=O)NC(=N)N)ccc1-c1cnn(Cc2ccccc2)c1. The molecule has 8 heteroatoms. The van der Waals surface area contributed by atoms with Crippen molar-refractivity contribution in [1.82, 2.24) is 15.1 Å². The van der Waals surface area contributed by atoms with E-state index >= 15 is 0 Å². The van der Waals surface area contributed by atoms with Gasteiger partial charge >= 0.3 is 0 Å². The number of nitrogens with zero attached hydrogens (tertiary/aromatic N) is 2. The summed E-state index contributed by atoms with van der Waals surface area (Å²) < 4.78 is 13.1. The van der Waals surface area contributed by atoms with Gasteiger partial charge in [0.2, 0.25) is 5.91 Å². The van der Waals surface area contributed by atoms with Gasteiger partial charge in [-0.3, -0.25) is 20.2 Å². The predicted octanol–water partition coefficient (Wildman–Crippen LogP) is 2.96. The largest absolute Gasteiger partial charge is 0.493 e. The standard InChI is InChI=1S/C24H29N5O3/c1-31-12-5-13-32-22-14-18(9-11-23(30)28-24(25)26)8-10-21(22)20-15-27-29(17-20)16-19-6-3-2-4-7-19/h2-4,6-8,10,14-15,17H,5,9,11-13,16H2,1H3,(H4,25,26,28,30). The number of benzene rings is 2. The third kappa shape index (κ3) is 6.95. The zero-order valence-electron chi connectivity index (χ0n) is 18.2. The molecule has 3 rings (SSSR count). The second-order valence-corrected chi connectivity index (χ2v) is 7.40. The van der Waals surface area contributed by atoms with Crippen molar-refractivity contribution in [3.63, 3.8) is 0 Å². The van der Waals surface area contributed by atoms with E-state index in [0.717, 1.165) is 28.9 Å². The second-order valence-electron chi connectivity index (χ2n) is 7.40. The van der Waals surface area contributed by atoms with Crippen LogP contribution < -0.4 is 15.8 Å². The zero-order valence-corrected chi connectivity index (χ0v) is 18.2. The molecule has 2 aromatic carbocycles. The summed E-state index contributed by atoms with van der Waals surface area (Å²) in [6.45, 7) is 1.83. The number of rotatable bonds is 11. The number of carbonyl (C=O) groups is 1. The first-order valence-corrected chi connectivity index (χ1v) is 10.5. The zero-order chi connectivity index (χ0) is 22.8. The fourth-order valence-corrected chi connectivity index (χ4v) is 3.30. The van der Waals surface area contributed by atoms with Gasteiger partial charge in [0.05, 0.1) is 19.3 Å². The minimum absolute atomic E-state index is 0.233. The van der Waals surface area contributed by atoms with Gasteiger partial charge in [0, 0.05) is 43.9 Å². The lowest BCUT2D eigenvalue weighted by molar-refractivity contribution is -0.119. The molecular formula is C24H29N5O3. The van der Waals surface area contributed by atoms with Crippen molar-refractivity contribution in [3.05, 3.63) is 72.1 Å². The van der Waals surface area contributed by atoms with Gasteiger partial charge in [-0.2, -0.15) is 5.10 Å². The fourth-order valence-electron chi connectivity index (χ4n) is 3.30. The lowest BCUT2D eigenvalue weighted by Crippen LogP contribution is -2.35. The van der Waals surface area contributed by atoms with Crippen molar-refractivity contribution in [2.45, 2.75) is 25.8 Å². The number of aromatic nitrogens is 2. The highest BCUT2D eigenvalue weighted by atomic mass is 16.5. The number of ether oxygens (including phenoxy) is 2. The van der Waals surface area contributed by atoms with Crippen molar-refractivity contribution >= 4 is 11.9 Å². The second kappa shape index (κ2) is 11.7. The number of aryl methyl sites for hydroxylation is 1. The number of carbonyl (C=O) groups excluding carboxylic acids is 1. The number of nitrogens with one attached hydrogen (secondary N) is 2. The maximum Gasteiger partial charge on any atom is 0.226 e. The van der Waals surface area contributed by atoms with E-state index in [0.29, 0.717) is 26.2 Å². The third-order valence-corrected chi connectivity index (χ3v) is 4.84. The topological polar surface area (TPSA) is 115 Å². The molecular weight excluding hydrogens is 406 g/mol. The van der Waals surface area contributed by atoms with E-state index in [1.54, 1.807) is 7.11 Å². The Kier molecular flexibility index (Phi) is 8.39. The van der Waals surface area contributed by atoms with Gasteiger partial charge in [-0.1, -0.05) is 42.5 Å². The van der Waals surface area contributed by atoms with E-state index in [9.17, 15) is 4.79 Å². The predicted molar refractivity (Wildman–Crippen MR) is 124 cm³/mol. The van der Waals surface area contributed by atoms with Crippen molar-refractivity contribution in [2.75, 3.05) is 20.3 Å². The first-order valence-electron chi connectivity index (χ1n) is 10.5. The van der Waals surface area contributed by atoms with Gasteiger partial charge in [-0.05, 0) is 23.6 Å². The van der Waals surface area contributed by atoms with Crippen LogP contribution in [0.2, 0.25) is 0 Å². The van der Waals surface area contributed by atoms with E-state index in [1.807, 2.05) is 53.5 Å². The molecule has 1 aromatic heterocycles. The summed E-state index contributed by atoms with van der Waals surface area (Å²) in [5.74, 6) is 0.108. The number of methoxy groups -OCH3 is 1. The molecule has 4 N–H and O–H groups in total. The molecule has 168 valence electrons. The van der Waals surface area contributed by atoms with E-state index in [2.05, 4.69) is 22.5 Å². The van der Waals surface area contributed by atoms with Crippen LogP contribution >= 0.6 is 0 Å². The average molecular weight is 436 g/mol.